The number of pyridine rings is 1. The highest BCUT2D eigenvalue weighted by molar-refractivity contribution is 5.92. The summed E-state index contributed by atoms with van der Waals surface area (Å²) in [6, 6.07) is 7.84. The van der Waals surface area contributed by atoms with Gasteiger partial charge in [0.25, 0.3) is 5.91 Å². The van der Waals surface area contributed by atoms with Gasteiger partial charge in [-0.05, 0) is 23.8 Å². The van der Waals surface area contributed by atoms with Crippen LogP contribution in [-0.2, 0) is 13.6 Å². The second-order valence-corrected chi connectivity index (χ2v) is 5.43. The van der Waals surface area contributed by atoms with Crippen LogP contribution in [0.25, 0.3) is 0 Å². The molecule has 5 nitrogen and oxygen atoms in total. The van der Waals surface area contributed by atoms with E-state index in [2.05, 4.69) is 16.0 Å². The van der Waals surface area contributed by atoms with Gasteiger partial charge in [0.2, 0.25) is 0 Å². The molecule has 0 aromatic carbocycles. The summed E-state index contributed by atoms with van der Waals surface area (Å²) in [6.07, 6.45) is 5.60. The largest absolute Gasteiger partial charge is 0.347 e. The minimum Gasteiger partial charge on any atom is -0.347 e. The molecular formula is C16H20N4O. The molecule has 0 aliphatic carbocycles. The van der Waals surface area contributed by atoms with Crippen LogP contribution in [0.4, 0.5) is 0 Å². The SMILES string of the molecule is Cn1cccc1C(=O)N1CCN(Cc2cccnc2)CC1. The molecule has 1 aliphatic rings. The van der Waals surface area contributed by atoms with E-state index in [4.69, 9.17) is 0 Å². The van der Waals surface area contributed by atoms with Gasteiger partial charge < -0.3 is 9.47 Å². The Bertz CT molecular complexity index is 600. The van der Waals surface area contributed by atoms with Crippen molar-refractivity contribution < 1.29 is 4.79 Å². The predicted molar refractivity (Wildman–Crippen MR) is 80.8 cm³/mol. The Hall–Kier alpha value is -2.14. The van der Waals surface area contributed by atoms with Gasteiger partial charge in [-0.2, -0.15) is 0 Å². The van der Waals surface area contributed by atoms with E-state index in [1.54, 1.807) is 6.20 Å². The number of aromatic nitrogens is 2. The zero-order valence-electron chi connectivity index (χ0n) is 12.3. The van der Waals surface area contributed by atoms with Gasteiger partial charge in [-0.3, -0.25) is 14.7 Å². The number of nitrogens with zero attached hydrogens (tertiary/aromatic N) is 4. The van der Waals surface area contributed by atoms with E-state index in [0.717, 1.165) is 38.4 Å². The number of carbonyl (C=O) groups is 1. The van der Waals surface area contributed by atoms with Crippen LogP contribution < -0.4 is 0 Å². The molecule has 1 amide bonds. The Balaban J connectivity index is 1.56. The van der Waals surface area contributed by atoms with Gasteiger partial charge in [-0.1, -0.05) is 6.07 Å². The van der Waals surface area contributed by atoms with Crippen LogP contribution in [0.3, 0.4) is 0 Å². The van der Waals surface area contributed by atoms with Crippen molar-refractivity contribution in [1.82, 2.24) is 19.4 Å². The summed E-state index contributed by atoms with van der Waals surface area (Å²) in [7, 11) is 1.91. The molecular weight excluding hydrogens is 264 g/mol. The molecule has 3 heterocycles. The number of piperazine rings is 1. The number of hydrogen-bond acceptors (Lipinski definition) is 3. The molecule has 21 heavy (non-hydrogen) atoms. The molecule has 0 atom stereocenters. The molecule has 0 bridgehead atoms. The first kappa shape index (κ1) is 13.8. The van der Waals surface area contributed by atoms with Crippen LogP contribution >= 0.6 is 0 Å². The number of aryl methyl sites for hydroxylation is 1. The lowest BCUT2D eigenvalue weighted by Gasteiger charge is -2.34. The zero-order chi connectivity index (χ0) is 14.7. The average molecular weight is 284 g/mol. The van der Waals surface area contributed by atoms with Gasteiger partial charge in [0.05, 0.1) is 0 Å². The highest BCUT2D eigenvalue weighted by atomic mass is 16.2. The minimum absolute atomic E-state index is 0.128. The van der Waals surface area contributed by atoms with Gasteiger partial charge in [0.1, 0.15) is 5.69 Å². The summed E-state index contributed by atoms with van der Waals surface area (Å²) >= 11 is 0. The second kappa shape index (κ2) is 6.10. The molecule has 3 rings (SSSR count). The summed E-state index contributed by atoms with van der Waals surface area (Å²) in [5, 5.41) is 0. The first-order chi connectivity index (χ1) is 10.2. The average Bonchev–Trinajstić information content (AvgIpc) is 2.94. The highest BCUT2D eigenvalue weighted by Crippen LogP contribution is 2.11. The lowest BCUT2D eigenvalue weighted by molar-refractivity contribution is 0.0619. The maximum atomic E-state index is 12.4. The fourth-order valence-corrected chi connectivity index (χ4v) is 2.70. The Morgan fingerprint density at radius 1 is 1.19 bits per heavy atom. The van der Waals surface area contributed by atoms with Crippen LogP contribution in [0.5, 0.6) is 0 Å². The molecule has 2 aromatic heterocycles. The summed E-state index contributed by atoms with van der Waals surface area (Å²) < 4.78 is 1.88. The maximum absolute atomic E-state index is 12.4. The molecule has 0 radical (unpaired) electrons. The molecule has 1 saturated heterocycles. The Kier molecular flexibility index (Phi) is 4.01. The zero-order valence-corrected chi connectivity index (χ0v) is 12.3. The topological polar surface area (TPSA) is 41.4 Å². The lowest BCUT2D eigenvalue weighted by Crippen LogP contribution is -2.48. The van der Waals surface area contributed by atoms with E-state index in [1.807, 2.05) is 47.1 Å². The molecule has 1 aliphatic heterocycles. The summed E-state index contributed by atoms with van der Waals surface area (Å²) in [5.41, 5.74) is 1.98. The molecule has 0 N–H and O–H groups in total. The molecule has 0 saturated carbocycles. The van der Waals surface area contributed by atoms with Crippen LogP contribution in [0.15, 0.2) is 42.9 Å². The van der Waals surface area contributed by atoms with Crippen LogP contribution in [0.1, 0.15) is 16.1 Å². The van der Waals surface area contributed by atoms with Crippen molar-refractivity contribution in [3.63, 3.8) is 0 Å². The van der Waals surface area contributed by atoms with Crippen molar-refractivity contribution >= 4 is 5.91 Å². The highest BCUT2D eigenvalue weighted by Gasteiger charge is 2.23. The molecule has 0 unspecified atom stereocenters. The van der Waals surface area contributed by atoms with E-state index in [9.17, 15) is 4.79 Å². The number of carbonyl (C=O) groups excluding carboxylic acids is 1. The van der Waals surface area contributed by atoms with Gasteiger partial charge in [-0.25, -0.2) is 0 Å². The van der Waals surface area contributed by atoms with E-state index >= 15 is 0 Å². The second-order valence-electron chi connectivity index (χ2n) is 5.43. The molecule has 2 aromatic rings. The van der Waals surface area contributed by atoms with Crippen LogP contribution in [-0.4, -0.2) is 51.4 Å². The van der Waals surface area contributed by atoms with Crippen molar-refractivity contribution in [3.05, 3.63) is 54.1 Å². The molecule has 1 fully saturated rings. The van der Waals surface area contributed by atoms with Gasteiger partial charge in [0, 0.05) is 58.4 Å². The molecule has 5 heteroatoms. The fraction of sp³-hybridized carbons (Fsp3) is 0.375. The smallest absolute Gasteiger partial charge is 0.270 e. The van der Waals surface area contributed by atoms with Gasteiger partial charge in [0.15, 0.2) is 0 Å². The first-order valence-electron chi connectivity index (χ1n) is 7.26. The fourth-order valence-electron chi connectivity index (χ4n) is 2.70. The normalized spacial score (nSPS) is 16.1. The van der Waals surface area contributed by atoms with Crippen molar-refractivity contribution in [2.24, 2.45) is 7.05 Å². The quantitative estimate of drug-likeness (QED) is 0.855. The van der Waals surface area contributed by atoms with Crippen LogP contribution in [0, 0.1) is 0 Å². The van der Waals surface area contributed by atoms with E-state index in [1.165, 1.54) is 5.56 Å². The Morgan fingerprint density at radius 3 is 2.62 bits per heavy atom. The van der Waals surface area contributed by atoms with Crippen LogP contribution in [0.2, 0.25) is 0 Å². The molecule has 110 valence electrons. The molecule has 0 spiro atoms. The third-order valence-corrected chi connectivity index (χ3v) is 3.95. The van der Waals surface area contributed by atoms with Gasteiger partial charge in [-0.15, -0.1) is 0 Å². The summed E-state index contributed by atoms with van der Waals surface area (Å²) in [6.45, 7) is 4.28. The van der Waals surface area contributed by atoms with Crippen molar-refractivity contribution in [2.45, 2.75) is 6.54 Å². The van der Waals surface area contributed by atoms with Crippen molar-refractivity contribution in [2.75, 3.05) is 26.2 Å². The standard InChI is InChI=1S/C16H20N4O/c1-18-7-3-5-15(18)16(21)20-10-8-19(9-11-20)13-14-4-2-6-17-12-14/h2-7,12H,8-11,13H2,1H3. The van der Waals surface area contributed by atoms with E-state index < -0.39 is 0 Å². The number of rotatable bonds is 3. The predicted octanol–water partition coefficient (Wildman–Crippen LogP) is 1.38. The van der Waals surface area contributed by atoms with Crippen molar-refractivity contribution in [1.29, 1.82) is 0 Å². The van der Waals surface area contributed by atoms with Crippen molar-refractivity contribution in [3.8, 4) is 0 Å². The summed E-state index contributed by atoms with van der Waals surface area (Å²) in [4.78, 5) is 20.9. The monoisotopic (exact) mass is 284 g/mol. The minimum atomic E-state index is 0.128. The Morgan fingerprint density at radius 2 is 2.00 bits per heavy atom. The number of hydrogen-bond donors (Lipinski definition) is 0. The first-order valence-corrected chi connectivity index (χ1v) is 7.26. The van der Waals surface area contributed by atoms with Gasteiger partial charge >= 0.3 is 0 Å². The number of amides is 1. The van der Waals surface area contributed by atoms with E-state index in [0.29, 0.717) is 0 Å². The maximum Gasteiger partial charge on any atom is 0.270 e. The summed E-state index contributed by atoms with van der Waals surface area (Å²) in [5.74, 6) is 0.128. The third kappa shape index (κ3) is 3.13. The Labute approximate surface area is 124 Å². The lowest BCUT2D eigenvalue weighted by atomic mass is 10.2. The third-order valence-electron chi connectivity index (χ3n) is 3.95. The van der Waals surface area contributed by atoms with E-state index in [-0.39, 0.29) is 5.91 Å².